The fourth-order valence-corrected chi connectivity index (χ4v) is 8.43. The quantitative estimate of drug-likeness (QED) is 0.410. The van der Waals surface area contributed by atoms with E-state index in [4.69, 9.17) is 16.5 Å². The number of esters is 1. The number of allylic oxidation sites excluding steroid dienone is 1. The average Bonchev–Trinajstić information content (AvgIpc) is 3.07. The van der Waals surface area contributed by atoms with Gasteiger partial charge in [-0.15, -0.1) is 0 Å². The molecular weight excluding hydrogens is 399 g/mol. The lowest BCUT2D eigenvalue weighted by molar-refractivity contribution is -0.142. The first-order valence-corrected chi connectivity index (χ1v) is 12.8. The van der Waals surface area contributed by atoms with Crippen molar-refractivity contribution in [3.8, 4) is 0 Å². The first kappa shape index (κ1) is 21.6. The molecule has 0 N–H and O–H groups in total. The van der Waals surface area contributed by atoms with Gasteiger partial charge in [0.25, 0.3) is 0 Å². The predicted octanol–water partition coefficient (Wildman–Crippen LogP) is 5.82. The zero-order valence-corrected chi connectivity index (χ0v) is 19.0. The van der Waals surface area contributed by atoms with Crippen molar-refractivity contribution in [2.45, 2.75) is 27.2 Å². The van der Waals surface area contributed by atoms with Crippen molar-refractivity contribution in [2.75, 3.05) is 29.0 Å². The van der Waals surface area contributed by atoms with E-state index in [1.54, 1.807) is 0 Å². The van der Waals surface area contributed by atoms with E-state index in [0.717, 1.165) is 29.8 Å². The molecule has 0 amide bonds. The van der Waals surface area contributed by atoms with Gasteiger partial charge in [0.15, 0.2) is 0 Å². The Morgan fingerprint density at radius 1 is 1.03 bits per heavy atom. The van der Waals surface area contributed by atoms with Crippen LogP contribution in [0.1, 0.15) is 27.2 Å². The smallest absolute Gasteiger partial charge is 0.310 e. The molecule has 29 heavy (non-hydrogen) atoms. The molecule has 1 aliphatic heterocycles. The SMILES string of the molecule is CCOC(=O)C/C(=C\C(C)C)P1(=S)N(c2ccccc2)CCN1c1ccccc1. The van der Waals surface area contributed by atoms with Crippen LogP contribution in [0.5, 0.6) is 0 Å². The molecule has 0 bridgehead atoms. The van der Waals surface area contributed by atoms with Crippen molar-refractivity contribution < 1.29 is 9.53 Å². The van der Waals surface area contributed by atoms with Crippen LogP contribution in [0.4, 0.5) is 11.4 Å². The van der Waals surface area contributed by atoms with Crippen molar-refractivity contribution in [3.05, 3.63) is 72.1 Å². The Labute approximate surface area is 179 Å². The molecule has 2 aromatic rings. The summed E-state index contributed by atoms with van der Waals surface area (Å²) in [6.45, 7) is 8.12. The molecule has 2 aromatic carbocycles. The number of carbonyl (C=O) groups excluding carboxylic acids is 1. The standard InChI is InChI=1S/C23H29N2O2PS/c1-4-27-23(26)18-22(17-19(2)3)28(29)24(20-11-7-5-8-12-20)15-16-25(28)21-13-9-6-10-14-21/h5-14,17,19H,4,15-16,18H2,1-3H3/b22-17+. The molecule has 0 atom stereocenters. The van der Waals surface area contributed by atoms with Gasteiger partial charge in [-0.3, -0.25) is 4.79 Å². The van der Waals surface area contributed by atoms with Gasteiger partial charge in [0, 0.05) is 29.8 Å². The Bertz CT molecular complexity index is 848. The van der Waals surface area contributed by atoms with Crippen LogP contribution in [-0.4, -0.2) is 25.7 Å². The zero-order chi connectivity index (χ0) is 20.9. The third-order valence-electron chi connectivity index (χ3n) is 4.82. The highest BCUT2D eigenvalue weighted by Gasteiger charge is 2.42. The first-order chi connectivity index (χ1) is 14.0. The largest absolute Gasteiger partial charge is 0.466 e. The highest BCUT2D eigenvalue weighted by Crippen LogP contribution is 2.66. The molecule has 6 heteroatoms. The number of para-hydroxylation sites is 2. The molecule has 0 radical (unpaired) electrons. The maximum atomic E-state index is 12.5. The van der Waals surface area contributed by atoms with E-state index >= 15 is 0 Å². The molecule has 0 spiro atoms. The van der Waals surface area contributed by atoms with Crippen LogP contribution in [0.3, 0.4) is 0 Å². The van der Waals surface area contributed by atoms with E-state index < -0.39 is 6.34 Å². The minimum Gasteiger partial charge on any atom is -0.466 e. The highest BCUT2D eigenvalue weighted by molar-refractivity contribution is 8.18. The summed E-state index contributed by atoms with van der Waals surface area (Å²) in [7, 11) is 0. The number of carbonyl (C=O) groups is 1. The maximum absolute atomic E-state index is 12.5. The average molecular weight is 429 g/mol. The predicted molar refractivity (Wildman–Crippen MR) is 126 cm³/mol. The topological polar surface area (TPSA) is 32.8 Å². The minimum absolute atomic E-state index is 0.212. The highest BCUT2D eigenvalue weighted by atomic mass is 32.4. The van der Waals surface area contributed by atoms with E-state index in [1.165, 1.54) is 0 Å². The van der Waals surface area contributed by atoms with Crippen LogP contribution in [0.2, 0.25) is 0 Å². The molecule has 0 unspecified atom stereocenters. The molecule has 1 heterocycles. The fourth-order valence-electron chi connectivity index (χ4n) is 3.68. The molecule has 1 saturated heterocycles. The summed E-state index contributed by atoms with van der Waals surface area (Å²) in [5, 5.41) is 1.01. The summed E-state index contributed by atoms with van der Waals surface area (Å²) in [4.78, 5) is 12.5. The van der Waals surface area contributed by atoms with Crippen molar-refractivity contribution in [1.29, 1.82) is 0 Å². The molecule has 4 nitrogen and oxygen atoms in total. The monoisotopic (exact) mass is 428 g/mol. The van der Waals surface area contributed by atoms with Crippen molar-refractivity contribution >= 4 is 35.5 Å². The Morgan fingerprint density at radius 3 is 1.93 bits per heavy atom. The molecule has 3 rings (SSSR count). The van der Waals surface area contributed by atoms with E-state index in [1.807, 2.05) is 43.3 Å². The normalized spacial score (nSPS) is 16.3. The third-order valence-corrected chi connectivity index (χ3v) is 9.93. The van der Waals surface area contributed by atoms with Crippen LogP contribution in [0, 0.1) is 5.92 Å². The maximum Gasteiger partial charge on any atom is 0.310 e. The molecule has 1 fully saturated rings. The van der Waals surface area contributed by atoms with Gasteiger partial charge in [0.2, 0.25) is 0 Å². The number of hydrogen-bond acceptors (Lipinski definition) is 3. The second-order valence-electron chi connectivity index (χ2n) is 7.35. The fraction of sp³-hybridized carbons (Fsp3) is 0.348. The first-order valence-electron chi connectivity index (χ1n) is 10.1. The summed E-state index contributed by atoms with van der Waals surface area (Å²) in [5.41, 5.74) is 2.21. The number of benzene rings is 2. The van der Waals surface area contributed by atoms with Gasteiger partial charge in [0.1, 0.15) is 6.34 Å². The van der Waals surface area contributed by atoms with Crippen LogP contribution >= 0.6 is 6.34 Å². The summed E-state index contributed by atoms with van der Waals surface area (Å²) >= 11 is 6.50. The van der Waals surface area contributed by atoms with Gasteiger partial charge in [-0.1, -0.05) is 56.3 Å². The minimum atomic E-state index is -2.42. The number of nitrogens with zero attached hydrogens (tertiary/aromatic N) is 2. The Balaban J connectivity index is 2.12. The van der Waals surface area contributed by atoms with Gasteiger partial charge >= 0.3 is 5.97 Å². The van der Waals surface area contributed by atoms with Gasteiger partial charge < -0.3 is 14.1 Å². The Hall–Kier alpha value is -2.10. The second-order valence-corrected chi connectivity index (χ2v) is 11.5. The van der Waals surface area contributed by atoms with Gasteiger partial charge in [-0.05, 0) is 48.9 Å². The van der Waals surface area contributed by atoms with Crippen molar-refractivity contribution in [1.82, 2.24) is 0 Å². The van der Waals surface area contributed by atoms with E-state index in [2.05, 4.69) is 53.5 Å². The zero-order valence-electron chi connectivity index (χ0n) is 17.3. The van der Waals surface area contributed by atoms with Crippen LogP contribution in [0.25, 0.3) is 0 Å². The molecule has 154 valence electrons. The van der Waals surface area contributed by atoms with Crippen molar-refractivity contribution in [2.24, 2.45) is 5.92 Å². The lowest BCUT2D eigenvalue weighted by Crippen LogP contribution is -2.22. The summed E-state index contributed by atoms with van der Waals surface area (Å²) in [6.07, 6.45) is -0.00784. The van der Waals surface area contributed by atoms with Crippen LogP contribution in [0.15, 0.2) is 72.1 Å². The van der Waals surface area contributed by atoms with Crippen molar-refractivity contribution in [3.63, 3.8) is 0 Å². The lowest BCUT2D eigenvalue weighted by Gasteiger charge is -2.38. The number of hydrogen-bond donors (Lipinski definition) is 0. The van der Waals surface area contributed by atoms with E-state index in [0.29, 0.717) is 6.61 Å². The summed E-state index contributed by atoms with van der Waals surface area (Å²) in [6, 6.07) is 20.6. The third kappa shape index (κ3) is 4.73. The summed E-state index contributed by atoms with van der Waals surface area (Å²) < 4.78 is 9.97. The lowest BCUT2D eigenvalue weighted by atomic mass is 10.2. The summed E-state index contributed by atoms with van der Waals surface area (Å²) in [5.74, 6) is 0.0756. The Kier molecular flexibility index (Phi) is 7.15. The molecule has 0 aliphatic carbocycles. The number of ether oxygens (including phenoxy) is 1. The molecule has 0 aromatic heterocycles. The van der Waals surface area contributed by atoms with Crippen LogP contribution in [-0.2, 0) is 21.3 Å². The molecule has 1 aliphatic rings. The number of rotatable bonds is 7. The van der Waals surface area contributed by atoms with E-state index in [-0.39, 0.29) is 18.3 Å². The Morgan fingerprint density at radius 2 is 1.52 bits per heavy atom. The number of anilines is 2. The van der Waals surface area contributed by atoms with Crippen LogP contribution < -0.4 is 9.34 Å². The molecular formula is C23H29N2O2PS. The van der Waals surface area contributed by atoms with Gasteiger partial charge in [-0.25, -0.2) is 0 Å². The second kappa shape index (κ2) is 9.60. The van der Waals surface area contributed by atoms with E-state index in [9.17, 15) is 4.79 Å². The molecule has 0 saturated carbocycles. The van der Waals surface area contributed by atoms with Gasteiger partial charge in [-0.2, -0.15) is 0 Å². The van der Waals surface area contributed by atoms with Gasteiger partial charge in [0.05, 0.1) is 13.0 Å².